The summed E-state index contributed by atoms with van der Waals surface area (Å²) in [6.45, 7) is 4.66. The maximum atomic E-state index is 5.89. The first-order valence-corrected chi connectivity index (χ1v) is 7.32. The zero-order chi connectivity index (χ0) is 12.4. The van der Waals surface area contributed by atoms with Gasteiger partial charge in [0.25, 0.3) is 0 Å². The van der Waals surface area contributed by atoms with E-state index in [-0.39, 0.29) is 0 Å². The average molecular weight is 318 g/mol. The van der Waals surface area contributed by atoms with Gasteiger partial charge in [0, 0.05) is 12.2 Å². The van der Waals surface area contributed by atoms with E-state index in [9.17, 15) is 0 Å². The molecule has 0 radical (unpaired) electrons. The van der Waals surface area contributed by atoms with E-state index in [1.54, 1.807) is 6.20 Å². The fourth-order valence-corrected chi connectivity index (χ4v) is 3.24. The van der Waals surface area contributed by atoms with Crippen LogP contribution in [0.2, 0.25) is 5.02 Å². The van der Waals surface area contributed by atoms with Gasteiger partial charge in [-0.25, -0.2) is 4.98 Å². The Labute approximate surface area is 116 Å². The van der Waals surface area contributed by atoms with Gasteiger partial charge in [-0.05, 0) is 40.3 Å². The number of nitrogens with one attached hydrogen (secondary N) is 1. The van der Waals surface area contributed by atoms with Crippen molar-refractivity contribution in [3.05, 3.63) is 21.8 Å². The summed E-state index contributed by atoms with van der Waals surface area (Å²) in [5.41, 5.74) is 0. The van der Waals surface area contributed by atoms with Gasteiger partial charge < -0.3 is 5.32 Å². The third kappa shape index (κ3) is 3.14. The van der Waals surface area contributed by atoms with E-state index >= 15 is 0 Å². The van der Waals surface area contributed by atoms with E-state index < -0.39 is 0 Å². The Bertz CT molecular complexity index is 397. The zero-order valence-electron chi connectivity index (χ0n) is 10.2. The Morgan fingerprint density at radius 3 is 2.88 bits per heavy atom. The third-order valence-electron chi connectivity index (χ3n) is 3.84. The largest absolute Gasteiger partial charge is 0.366 e. The molecule has 1 heterocycles. The van der Waals surface area contributed by atoms with Gasteiger partial charge in [0.15, 0.2) is 0 Å². The fourth-order valence-electron chi connectivity index (χ4n) is 2.48. The highest BCUT2D eigenvalue weighted by Crippen LogP contribution is 2.33. The Morgan fingerprint density at radius 1 is 1.41 bits per heavy atom. The highest BCUT2D eigenvalue weighted by atomic mass is 79.9. The molecule has 0 amide bonds. The Hall–Kier alpha value is -0.280. The molecule has 3 atom stereocenters. The van der Waals surface area contributed by atoms with Crippen molar-refractivity contribution < 1.29 is 0 Å². The van der Waals surface area contributed by atoms with Crippen LogP contribution in [0.1, 0.15) is 33.1 Å². The summed E-state index contributed by atoms with van der Waals surface area (Å²) in [6.07, 6.45) is 5.55. The number of hydrogen-bond donors (Lipinski definition) is 1. The van der Waals surface area contributed by atoms with Crippen molar-refractivity contribution in [3.8, 4) is 0 Å². The van der Waals surface area contributed by atoms with Crippen molar-refractivity contribution in [1.29, 1.82) is 0 Å². The van der Waals surface area contributed by atoms with E-state index in [4.69, 9.17) is 11.6 Å². The van der Waals surface area contributed by atoms with Gasteiger partial charge >= 0.3 is 0 Å². The second-order valence-corrected chi connectivity index (χ2v) is 6.29. The maximum Gasteiger partial charge on any atom is 0.140 e. The molecule has 0 spiro atoms. The van der Waals surface area contributed by atoms with Crippen LogP contribution in [0.4, 0.5) is 5.82 Å². The SMILES string of the molecule is CC1CCCC(Nc2ncc(Cl)cc2Br)C1C. The second kappa shape index (κ2) is 5.57. The van der Waals surface area contributed by atoms with Crippen LogP contribution >= 0.6 is 27.5 Å². The van der Waals surface area contributed by atoms with Crippen LogP contribution in [0.5, 0.6) is 0 Å². The van der Waals surface area contributed by atoms with Gasteiger partial charge in [-0.3, -0.25) is 0 Å². The number of nitrogens with zero attached hydrogens (tertiary/aromatic N) is 1. The predicted molar refractivity (Wildman–Crippen MR) is 76.5 cm³/mol. The maximum absolute atomic E-state index is 5.89. The molecule has 94 valence electrons. The van der Waals surface area contributed by atoms with Gasteiger partial charge in [-0.2, -0.15) is 0 Å². The van der Waals surface area contributed by atoms with E-state index in [0.717, 1.165) is 16.2 Å². The summed E-state index contributed by atoms with van der Waals surface area (Å²) < 4.78 is 0.940. The lowest BCUT2D eigenvalue weighted by atomic mass is 9.78. The van der Waals surface area contributed by atoms with Crippen LogP contribution in [0.15, 0.2) is 16.7 Å². The highest BCUT2D eigenvalue weighted by Gasteiger charge is 2.27. The normalized spacial score (nSPS) is 29.1. The monoisotopic (exact) mass is 316 g/mol. The number of hydrogen-bond acceptors (Lipinski definition) is 2. The van der Waals surface area contributed by atoms with Crippen molar-refractivity contribution in [2.45, 2.75) is 39.2 Å². The molecule has 17 heavy (non-hydrogen) atoms. The molecule has 1 aromatic heterocycles. The quantitative estimate of drug-likeness (QED) is 0.852. The molecule has 3 unspecified atom stereocenters. The number of aromatic nitrogens is 1. The Balaban J connectivity index is 2.09. The molecule has 1 fully saturated rings. The first-order valence-electron chi connectivity index (χ1n) is 6.15. The summed E-state index contributed by atoms with van der Waals surface area (Å²) in [7, 11) is 0. The molecular weight excluding hydrogens is 300 g/mol. The van der Waals surface area contributed by atoms with Crippen LogP contribution in [-0.2, 0) is 0 Å². The van der Waals surface area contributed by atoms with Crippen molar-refractivity contribution in [2.24, 2.45) is 11.8 Å². The van der Waals surface area contributed by atoms with E-state index in [0.29, 0.717) is 17.0 Å². The fraction of sp³-hybridized carbons (Fsp3) is 0.615. The summed E-state index contributed by atoms with van der Waals surface area (Å²) >= 11 is 9.39. The van der Waals surface area contributed by atoms with Crippen LogP contribution in [0, 0.1) is 11.8 Å². The van der Waals surface area contributed by atoms with Gasteiger partial charge in [0.1, 0.15) is 5.82 Å². The van der Waals surface area contributed by atoms with E-state index in [2.05, 4.69) is 40.1 Å². The Kier molecular flexibility index (Phi) is 4.31. The molecule has 1 aromatic rings. The smallest absolute Gasteiger partial charge is 0.140 e. The lowest BCUT2D eigenvalue weighted by Crippen LogP contribution is -2.35. The molecule has 1 aliphatic rings. The summed E-state index contributed by atoms with van der Waals surface area (Å²) in [6, 6.07) is 2.40. The minimum atomic E-state index is 0.517. The van der Waals surface area contributed by atoms with E-state index in [1.165, 1.54) is 19.3 Å². The van der Waals surface area contributed by atoms with Gasteiger partial charge in [0.2, 0.25) is 0 Å². The van der Waals surface area contributed by atoms with Crippen LogP contribution in [0.25, 0.3) is 0 Å². The first kappa shape index (κ1) is 13.2. The first-order chi connectivity index (χ1) is 8.08. The minimum absolute atomic E-state index is 0.517. The zero-order valence-corrected chi connectivity index (χ0v) is 12.6. The topological polar surface area (TPSA) is 24.9 Å². The lowest BCUT2D eigenvalue weighted by molar-refractivity contribution is 0.253. The molecule has 1 N–H and O–H groups in total. The molecule has 2 nitrogen and oxygen atoms in total. The number of anilines is 1. The highest BCUT2D eigenvalue weighted by molar-refractivity contribution is 9.10. The summed E-state index contributed by atoms with van der Waals surface area (Å²) in [4.78, 5) is 4.34. The summed E-state index contributed by atoms with van der Waals surface area (Å²) in [5.74, 6) is 2.38. The van der Waals surface area contributed by atoms with Crippen LogP contribution < -0.4 is 5.32 Å². The van der Waals surface area contributed by atoms with Crippen LogP contribution in [0.3, 0.4) is 0 Å². The molecule has 1 saturated carbocycles. The third-order valence-corrected chi connectivity index (χ3v) is 4.65. The standard InChI is InChI=1S/C13H18BrClN2/c1-8-4-3-5-12(9(8)2)17-13-11(14)6-10(15)7-16-13/h6-9,12H,3-5H2,1-2H3,(H,16,17). The van der Waals surface area contributed by atoms with Crippen LogP contribution in [-0.4, -0.2) is 11.0 Å². The number of pyridine rings is 1. The average Bonchev–Trinajstić information content (AvgIpc) is 2.28. The van der Waals surface area contributed by atoms with Gasteiger partial charge in [0.05, 0.1) is 9.50 Å². The van der Waals surface area contributed by atoms with Crippen molar-refractivity contribution >= 4 is 33.3 Å². The molecular formula is C13H18BrClN2. The predicted octanol–water partition coefficient (Wildman–Crippen LogP) is 4.73. The molecule has 2 rings (SSSR count). The molecule has 1 aliphatic carbocycles. The van der Waals surface area contributed by atoms with Crippen molar-refractivity contribution in [3.63, 3.8) is 0 Å². The van der Waals surface area contributed by atoms with Gasteiger partial charge in [-0.15, -0.1) is 0 Å². The molecule has 0 aliphatic heterocycles. The molecule has 0 aromatic carbocycles. The number of halogens is 2. The molecule has 0 saturated heterocycles. The van der Waals surface area contributed by atoms with E-state index in [1.807, 2.05) is 6.07 Å². The van der Waals surface area contributed by atoms with Gasteiger partial charge in [-0.1, -0.05) is 38.3 Å². The minimum Gasteiger partial charge on any atom is -0.366 e. The van der Waals surface area contributed by atoms with Crippen molar-refractivity contribution in [1.82, 2.24) is 4.98 Å². The van der Waals surface area contributed by atoms with Crippen molar-refractivity contribution in [2.75, 3.05) is 5.32 Å². The Morgan fingerprint density at radius 2 is 2.18 bits per heavy atom. The number of rotatable bonds is 2. The molecule has 0 bridgehead atoms. The summed E-state index contributed by atoms with van der Waals surface area (Å²) in [5, 5.41) is 4.20. The second-order valence-electron chi connectivity index (χ2n) is 5.00. The lowest BCUT2D eigenvalue weighted by Gasteiger charge is -2.35. The molecule has 4 heteroatoms.